The Bertz CT molecular complexity index is 1120. The lowest BCUT2D eigenvalue weighted by Gasteiger charge is -2.37. The topological polar surface area (TPSA) is 51.4 Å². The van der Waals surface area contributed by atoms with Crippen LogP contribution < -0.4 is 4.74 Å². The lowest BCUT2D eigenvalue weighted by atomic mass is 9.76. The Balaban J connectivity index is 1.33. The van der Waals surface area contributed by atoms with Gasteiger partial charge in [0.05, 0.1) is 0 Å². The van der Waals surface area contributed by atoms with E-state index in [0.29, 0.717) is 29.1 Å². The van der Waals surface area contributed by atoms with Gasteiger partial charge in [0, 0.05) is 11.6 Å². The Labute approximate surface area is 201 Å². The minimum Gasteiger partial charge on any atom is -0.406 e. The van der Waals surface area contributed by atoms with Crippen LogP contribution in [0.3, 0.4) is 0 Å². The predicted molar refractivity (Wildman–Crippen MR) is 124 cm³/mol. The maximum atomic E-state index is 13.4. The van der Waals surface area contributed by atoms with E-state index in [2.05, 4.69) is 39.9 Å². The van der Waals surface area contributed by atoms with Crippen LogP contribution in [0.4, 0.5) is 17.6 Å². The van der Waals surface area contributed by atoms with Gasteiger partial charge in [-0.15, -0.1) is 13.2 Å². The maximum Gasteiger partial charge on any atom is 0.573 e. The molecule has 9 heteroatoms. The van der Waals surface area contributed by atoms with E-state index in [9.17, 15) is 17.6 Å². The molecule has 0 amide bonds. The highest BCUT2D eigenvalue weighted by Crippen LogP contribution is 2.40. The van der Waals surface area contributed by atoms with Crippen molar-refractivity contribution in [1.29, 1.82) is 0 Å². The fourth-order valence-electron chi connectivity index (χ4n) is 4.75. The van der Waals surface area contributed by atoms with Crippen molar-refractivity contribution in [3.63, 3.8) is 0 Å². The minimum atomic E-state index is -4.74. The number of aromatic nitrogens is 2. The third kappa shape index (κ3) is 6.69. The molecule has 0 spiro atoms. The molecule has 186 valence electrons. The number of hydrogen-bond acceptors (Lipinski definition) is 5. The van der Waals surface area contributed by atoms with Gasteiger partial charge in [-0.2, -0.15) is 4.98 Å². The van der Waals surface area contributed by atoms with E-state index in [1.165, 1.54) is 36.4 Å². The molecular weight excluding hydrogens is 462 g/mol. The molecule has 3 aromatic rings. The first-order chi connectivity index (χ1) is 16.7. The standard InChI is InChI=1S/C26H27F4N3O2/c1-33(2)24(19-8-12-21(27)13-9-19)18-6-3-17(4-7-18)5-16-23-31-25(32-35-23)20-10-14-22(15-11-20)34-26(28,29)30/h5,8-18,24H,3-4,6-7H2,1-2H3/b16-5+. The Morgan fingerprint density at radius 3 is 2.26 bits per heavy atom. The summed E-state index contributed by atoms with van der Waals surface area (Å²) in [5.74, 6) is 0.972. The molecule has 1 atom stereocenters. The van der Waals surface area contributed by atoms with E-state index in [-0.39, 0.29) is 17.6 Å². The van der Waals surface area contributed by atoms with Gasteiger partial charge in [0.15, 0.2) is 0 Å². The second kappa shape index (κ2) is 10.6. The number of alkyl halides is 3. The predicted octanol–water partition coefficient (Wildman–Crippen LogP) is 6.90. The number of nitrogens with zero attached hydrogens (tertiary/aromatic N) is 3. The summed E-state index contributed by atoms with van der Waals surface area (Å²) in [5, 5.41) is 3.92. The third-order valence-electron chi connectivity index (χ3n) is 6.33. The van der Waals surface area contributed by atoms with Gasteiger partial charge in [-0.1, -0.05) is 23.4 Å². The fraction of sp³-hybridized carbons (Fsp3) is 0.385. The highest BCUT2D eigenvalue weighted by Gasteiger charge is 2.31. The first kappa shape index (κ1) is 24.9. The molecule has 0 saturated heterocycles. The summed E-state index contributed by atoms with van der Waals surface area (Å²) in [5.41, 5.74) is 1.66. The smallest absolute Gasteiger partial charge is 0.406 e. The quantitative estimate of drug-likeness (QED) is 0.338. The van der Waals surface area contributed by atoms with Crippen molar-refractivity contribution in [3.8, 4) is 17.1 Å². The highest BCUT2D eigenvalue weighted by atomic mass is 19.4. The molecule has 5 nitrogen and oxygen atoms in total. The molecule has 2 aromatic carbocycles. The third-order valence-corrected chi connectivity index (χ3v) is 6.33. The number of halogens is 4. The van der Waals surface area contributed by atoms with Crippen LogP contribution in [0.25, 0.3) is 17.5 Å². The summed E-state index contributed by atoms with van der Waals surface area (Å²) < 4.78 is 59.4. The van der Waals surface area contributed by atoms with Gasteiger partial charge < -0.3 is 14.2 Å². The summed E-state index contributed by atoms with van der Waals surface area (Å²) in [6.45, 7) is 0. The van der Waals surface area contributed by atoms with E-state index in [1.54, 1.807) is 6.08 Å². The van der Waals surface area contributed by atoms with Crippen LogP contribution in [0.2, 0.25) is 0 Å². The molecule has 1 unspecified atom stereocenters. The van der Waals surface area contributed by atoms with E-state index in [1.807, 2.05) is 12.1 Å². The van der Waals surface area contributed by atoms with Crippen LogP contribution in [-0.2, 0) is 0 Å². The van der Waals surface area contributed by atoms with Crippen molar-refractivity contribution in [3.05, 3.63) is 71.9 Å². The maximum absolute atomic E-state index is 13.4. The van der Waals surface area contributed by atoms with Crippen LogP contribution in [0.15, 0.2) is 59.1 Å². The molecule has 0 radical (unpaired) electrons. The number of ether oxygens (including phenoxy) is 1. The summed E-state index contributed by atoms with van der Waals surface area (Å²) in [6, 6.07) is 12.3. The lowest BCUT2D eigenvalue weighted by molar-refractivity contribution is -0.274. The monoisotopic (exact) mass is 489 g/mol. The van der Waals surface area contributed by atoms with Crippen LogP contribution in [0, 0.1) is 17.7 Å². The average Bonchev–Trinajstić information content (AvgIpc) is 3.28. The molecular formula is C26H27F4N3O2. The van der Waals surface area contributed by atoms with Gasteiger partial charge in [0.25, 0.3) is 5.89 Å². The SMILES string of the molecule is CN(C)C(c1ccc(F)cc1)C1CCC(/C=C/c2nc(-c3ccc(OC(F)(F)F)cc3)no2)CC1. The van der Waals surface area contributed by atoms with Crippen LogP contribution in [0.5, 0.6) is 5.75 Å². The molecule has 1 heterocycles. The van der Waals surface area contributed by atoms with Gasteiger partial charge in [-0.05, 0) is 99.7 Å². The van der Waals surface area contributed by atoms with Crippen LogP contribution in [-0.4, -0.2) is 35.5 Å². The van der Waals surface area contributed by atoms with Gasteiger partial charge in [-0.3, -0.25) is 0 Å². The van der Waals surface area contributed by atoms with E-state index in [0.717, 1.165) is 31.2 Å². The first-order valence-corrected chi connectivity index (χ1v) is 11.5. The molecule has 1 saturated carbocycles. The molecule has 1 aliphatic carbocycles. The Morgan fingerprint density at radius 2 is 1.66 bits per heavy atom. The van der Waals surface area contributed by atoms with E-state index in [4.69, 9.17) is 4.52 Å². The molecule has 1 aliphatic rings. The second-order valence-corrected chi connectivity index (χ2v) is 9.02. The summed E-state index contributed by atoms with van der Waals surface area (Å²) >= 11 is 0. The second-order valence-electron chi connectivity index (χ2n) is 9.02. The first-order valence-electron chi connectivity index (χ1n) is 11.5. The van der Waals surface area contributed by atoms with Gasteiger partial charge in [0.1, 0.15) is 11.6 Å². The molecule has 35 heavy (non-hydrogen) atoms. The van der Waals surface area contributed by atoms with Crippen molar-refractivity contribution in [2.45, 2.75) is 38.1 Å². The van der Waals surface area contributed by atoms with Crippen molar-refractivity contribution < 1.29 is 26.8 Å². The zero-order valence-electron chi connectivity index (χ0n) is 19.5. The number of hydrogen-bond donors (Lipinski definition) is 0. The molecule has 1 fully saturated rings. The Kier molecular flexibility index (Phi) is 7.54. The summed E-state index contributed by atoms with van der Waals surface area (Å²) in [6.07, 6.45) is 3.29. The Hall–Kier alpha value is -3.20. The average molecular weight is 490 g/mol. The highest BCUT2D eigenvalue weighted by molar-refractivity contribution is 5.56. The lowest BCUT2D eigenvalue weighted by Crippen LogP contribution is -2.30. The Morgan fingerprint density at radius 1 is 1.00 bits per heavy atom. The number of rotatable bonds is 7. The normalized spacial score (nSPS) is 19.9. The van der Waals surface area contributed by atoms with Gasteiger partial charge in [0.2, 0.25) is 5.82 Å². The number of allylic oxidation sites excluding steroid dienone is 1. The van der Waals surface area contributed by atoms with Crippen molar-refractivity contribution in [2.24, 2.45) is 11.8 Å². The molecule has 1 aromatic heterocycles. The van der Waals surface area contributed by atoms with Crippen molar-refractivity contribution >= 4 is 6.08 Å². The van der Waals surface area contributed by atoms with E-state index >= 15 is 0 Å². The zero-order valence-corrected chi connectivity index (χ0v) is 19.5. The number of benzene rings is 2. The zero-order chi connectivity index (χ0) is 25.0. The van der Waals surface area contributed by atoms with Crippen molar-refractivity contribution in [1.82, 2.24) is 15.0 Å². The summed E-state index contributed by atoms with van der Waals surface area (Å²) in [4.78, 5) is 6.52. The van der Waals surface area contributed by atoms with Gasteiger partial charge >= 0.3 is 6.36 Å². The molecule has 0 N–H and O–H groups in total. The van der Waals surface area contributed by atoms with Crippen molar-refractivity contribution in [2.75, 3.05) is 14.1 Å². The molecule has 4 rings (SSSR count). The minimum absolute atomic E-state index is 0.225. The van der Waals surface area contributed by atoms with Crippen LogP contribution in [0.1, 0.15) is 43.2 Å². The van der Waals surface area contributed by atoms with Crippen LogP contribution >= 0.6 is 0 Å². The van der Waals surface area contributed by atoms with Gasteiger partial charge in [-0.25, -0.2) is 4.39 Å². The largest absolute Gasteiger partial charge is 0.573 e. The molecule has 0 bridgehead atoms. The summed E-state index contributed by atoms with van der Waals surface area (Å²) in [7, 11) is 4.12. The fourth-order valence-corrected chi connectivity index (χ4v) is 4.75. The van der Waals surface area contributed by atoms with E-state index < -0.39 is 6.36 Å². The molecule has 0 aliphatic heterocycles.